The van der Waals surface area contributed by atoms with Crippen molar-refractivity contribution in [1.29, 1.82) is 0 Å². The Hall–Kier alpha value is -2.19. The standard InChI is InChI=1S/C16H19N3O4S/c1-18-10-15(17-11-18)24(22,23)19-7-6-13(9-19)8-12-2-4-14(5-3-12)16(20)21/h2-5,10-11,13H,6-9H2,1H3,(H,20,21). The fourth-order valence-electron chi connectivity index (χ4n) is 2.95. The Morgan fingerprint density at radius 1 is 1.33 bits per heavy atom. The maximum Gasteiger partial charge on any atom is 0.335 e. The molecular weight excluding hydrogens is 330 g/mol. The maximum absolute atomic E-state index is 12.6. The van der Waals surface area contributed by atoms with Crippen molar-refractivity contribution in [3.63, 3.8) is 0 Å². The van der Waals surface area contributed by atoms with Crippen LogP contribution in [0.15, 0.2) is 41.8 Å². The molecule has 1 N–H and O–H groups in total. The van der Waals surface area contributed by atoms with Crippen molar-refractivity contribution in [3.05, 3.63) is 47.9 Å². The summed E-state index contributed by atoms with van der Waals surface area (Å²) in [6, 6.07) is 6.74. The zero-order chi connectivity index (χ0) is 17.3. The fraction of sp³-hybridized carbons (Fsp3) is 0.375. The molecule has 24 heavy (non-hydrogen) atoms. The number of hydrogen-bond acceptors (Lipinski definition) is 4. The van der Waals surface area contributed by atoms with Crippen LogP contribution in [0.5, 0.6) is 0 Å². The van der Waals surface area contributed by atoms with E-state index in [9.17, 15) is 13.2 Å². The van der Waals surface area contributed by atoms with Gasteiger partial charge in [0.2, 0.25) is 0 Å². The molecule has 8 heteroatoms. The lowest BCUT2D eigenvalue weighted by molar-refractivity contribution is 0.0697. The van der Waals surface area contributed by atoms with Crippen LogP contribution in [-0.2, 0) is 23.5 Å². The van der Waals surface area contributed by atoms with Crippen LogP contribution in [0.2, 0.25) is 0 Å². The molecule has 7 nitrogen and oxygen atoms in total. The lowest BCUT2D eigenvalue weighted by atomic mass is 9.98. The molecule has 1 aromatic heterocycles. The van der Waals surface area contributed by atoms with E-state index in [1.165, 1.54) is 16.8 Å². The number of nitrogens with zero attached hydrogens (tertiary/aromatic N) is 3. The number of carbonyl (C=O) groups is 1. The van der Waals surface area contributed by atoms with E-state index in [2.05, 4.69) is 4.98 Å². The van der Waals surface area contributed by atoms with E-state index >= 15 is 0 Å². The number of aromatic nitrogens is 2. The van der Waals surface area contributed by atoms with Crippen LogP contribution in [-0.4, -0.2) is 46.4 Å². The van der Waals surface area contributed by atoms with E-state index in [4.69, 9.17) is 5.11 Å². The van der Waals surface area contributed by atoms with Crippen molar-refractivity contribution in [2.75, 3.05) is 13.1 Å². The summed E-state index contributed by atoms with van der Waals surface area (Å²) in [7, 11) is -1.80. The average molecular weight is 349 g/mol. The molecule has 128 valence electrons. The highest BCUT2D eigenvalue weighted by Crippen LogP contribution is 2.26. The van der Waals surface area contributed by atoms with E-state index in [0.717, 1.165) is 18.4 Å². The third-order valence-corrected chi connectivity index (χ3v) is 6.01. The second-order valence-corrected chi connectivity index (χ2v) is 7.99. The first-order valence-corrected chi connectivity index (χ1v) is 9.10. The summed E-state index contributed by atoms with van der Waals surface area (Å²) in [4.78, 5) is 14.8. The molecular formula is C16H19N3O4S. The Labute approximate surface area is 140 Å². The highest BCUT2D eigenvalue weighted by atomic mass is 32.2. The Balaban J connectivity index is 1.66. The highest BCUT2D eigenvalue weighted by molar-refractivity contribution is 7.89. The molecule has 0 saturated carbocycles. The van der Waals surface area contributed by atoms with Crippen molar-refractivity contribution in [2.45, 2.75) is 17.9 Å². The van der Waals surface area contributed by atoms with Crippen LogP contribution in [0.3, 0.4) is 0 Å². The maximum atomic E-state index is 12.6. The zero-order valence-electron chi connectivity index (χ0n) is 13.3. The van der Waals surface area contributed by atoms with Gasteiger partial charge in [0.25, 0.3) is 10.0 Å². The minimum absolute atomic E-state index is 0.0801. The monoisotopic (exact) mass is 349 g/mol. The first kappa shape index (κ1) is 16.7. The topological polar surface area (TPSA) is 92.5 Å². The Morgan fingerprint density at radius 2 is 2.04 bits per heavy atom. The third-order valence-electron chi connectivity index (χ3n) is 4.26. The zero-order valence-corrected chi connectivity index (χ0v) is 14.1. The van der Waals surface area contributed by atoms with Crippen LogP contribution < -0.4 is 0 Å². The molecule has 0 amide bonds. The van der Waals surface area contributed by atoms with E-state index in [0.29, 0.717) is 13.1 Å². The van der Waals surface area contributed by atoms with Crippen LogP contribution in [0.4, 0.5) is 0 Å². The van der Waals surface area contributed by atoms with Gasteiger partial charge < -0.3 is 9.67 Å². The Morgan fingerprint density at radius 3 is 2.62 bits per heavy atom. The van der Waals surface area contributed by atoms with Gasteiger partial charge in [-0.1, -0.05) is 12.1 Å². The van der Waals surface area contributed by atoms with Crippen LogP contribution >= 0.6 is 0 Å². The second-order valence-electron chi connectivity index (χ2n) is 6.10. The first-order chi connectivity index (χ1) is 11.4. The van der Waals surface area contributed by atoms with Gasteiger partial charge in [0, 0.05) is 26.3 Å². The minimum atomic E-state index is -3.54. The SMILES string of the molecule is Cn1cnc(S(=O)(=O)N2CCC(Cc3ccc(C(=O)O)cc3)C2)c1. The molecule has 1 atom stereocenters. The number of imidazole rings is 1. The van der Waals surface area contributed by atoms with Crippen molar-refractivity contribution < 1.29 is 18.3 Å². The molecule has 0 bridgehead atoms. The van der Waals surface area contributed by atoms with E-state index in [-0.39, 0.29) is 16.5 Å². The van der Waals surface area contributed by atoms with Crippen molar-refractivity contribution in [1.82, 2.24) is 13.9 Å². The van der Waals surface area contributed by atoms with Gasteiger partial charge in [-0.3, -0.25) is 0 Å². The number of carboxylic acids is 1. The normalized spacial score (nSPS) is 18.8. The first-order valence-electron chi connectivity index (χ1n) is 7.66. The van der Waals surface area contributed by atoms with Gasteiger partial charge in [0.1, 0.15) is 0 Å². The number of aryl methyl sites for hydroxylation is 1. The molecule has 1 aromatic carbocycles. The number of aromatic carboxylic acids is 1. The van der Waals surface area contributed by atoms with Gasteiger partial charge >= 0.3 is 5.97 Å². The summed E-state index contributed by atoms with van der Waals surface area (Å²) >= 11 is 0. The largest absolute Gasteiger partial charge is 0.478 e. The van der Waals surface area contributed by atoms with Gasteiger partial charge in [-0.2, -0.15) is 4.31 Å². The molecule has 2 aromatic rings. The summed E-state index contributed by atoms with van der Waals surface area (Å²) in [5, 5.41) is 8.99. The molecule has 3 rings (SSSR count). The third kappa shape index (κ3) is 3.34. The average Bonchev–Trinajstić information content (AvgIpc) is 3.17. The molecule has 1 fully saturated rings. The molecule has 0 radical (unpaired) electrons. The predicted molar refractivity (Wildman–Crippen MR) is 87.2 cm³/mol. The molecule has 0 spiro atoms. The molecule has 0 aliphatic carbocycles. The van der Waals surface area contributed by atoms with Crippen LogP contribution in [0.25, 0.3) is 0 Å². The number of carboxylic acid groups (broad SMARTS) is 1. The summed E-state index contributed by atoms with van der Waals surface area (Å²) in [5.74, 6) is -0.728. The Bertz CT molecular complexity index is 842. The lowest BCUT2D eigenvalue weighted by Crippen LogP contribution is -2.29. The number of sulfonamides is 1. The summed E-state index contributed by atoms with van der Waals surface area (Å²) in [6.07, 6.45) is 4.50. The molecule has 1 unspecified atom stereocenters. The molecule has 2 heterocycles. The van der Waals surface area contributed by atoms with Gasteiger partial charge in [-0.05, 0) is 36.5 Å². The van der Waals surface area contributed by atoms with Crippen LogP contribution in [0, 0.1) is 5.92 Å². The number of hydrogen-bond donors (Lipinski definition) is 1. The van der Waals surface area contributed by atoms with Crippen LogP contribution in [0.1, 0.15) is 22.3 Å². The summed E-state index contributed by atoms with van der Waals surface area (Å²) in [6.45, 7) is 0.941. The number of benzene rings is 1. The van der Waals surface area contributed by atoms with E-state index in [1.807, 2.05) is 0 Å². The summed E-state index contributed by atoms with van der Waals surface area (Å²) < 4.78 is 28.2. The number of rotatable bonds is 5. The highest BCUT2D eigenvalue weighted by Gasteiger charge is 2.33. The second kappa shape index (κ2) is 6.37. The van der Waals surface area contributed by atoms with E-state index < -0.39 is 16.0 Å². The molecule has 1 aliphatic heterocycles. The lowest BCUT2D eigenvalue weighted by Gasteiger charge is -2.15. The van der Waals surface area contributed by atoms with Gasteiger partial charge in [0.05, 0.1) is 11.9 Å². The van der Waals surface area contributed by atoms with Crippen molar-refractivity contribution in [3.8, 4) is 0 Å². The molecule has 1 aliphatic rings. The smallest absolute Gasteiger partial charge is 0.335 e. The fourth-order valence-corrected chi connectivity index (χ4v) is 4.45. The van der Waals surface area contributed by atoms with Crippen molar-refractivity contribution in [2.24, 2.45) is 13.0 Å². The van der Waals surface area contributed by atoms with Gasteiger partial charge in [0.15, 0.2) is 5.03 Å². The van der Waals surface area contributed by atoms with Gasteiger partial charge in [-0.15, -0.1) is 0 Å². The minimum Gasteiger partial charge on any atom is -0.478 e. The predicted octanol–water partition coefficient (Wildman–Crippen LogP) is 1.37. The molecule has 1 saturated heterocycles. The Kier molecular flexibility index (Phi) is 4.42. The van der Waals surface area contributed by atoms with E-state index in [1.54, 1.807) is 35.9 Å². The van der Waals surface area contributed by atoms with Gasteiger partial charge in [-0.25, -0.2) is 18.2 Å². The van der Waals surface area contributed by atoms with Crippen molar-refractivity contribution >= 4 is 16.0 Å². The quantitative estimate of drug-likeness (QED) is 0.880. The summed E-state index contributed by atoms with van der Waals surface area (Å²) in [5.41, 5.74) is 1.27.